The van der Waals surface area contributed by atoms with Crippen molar-refractivity contribution in [3.05, 3.63) is 22.7 Å². The minimum Gasteiger partial charge on any atom is -0.504 e. The molecule has 0 spiro atoms. The maximum atomic E-state index is 12.9. The van der Waals surface area contributed by atoms with Gasteiger partial charge in [0.25, 0.3) is 0 Å². The van der Waals surface area contributed by atoms with Crippen LogP contribution < -0.4 is 4.74 Å². The summed E-state index contributed by atoms with van der Waals surface area (Å²) in [6, 6.07) is 2.32. The number of aldehydes is 1. The van der Waals surface area contributed by atoms with Crippen LogP contribution in [0.1, 0.15) is 11.7 Å². The number of rotatable bonds is 3. The summed E-state index contributed by atoms with van der Waals surface area (Å²) in [5.74, 6) is -0.117. The predicted octanol–water partition coefficient (Wildman–Crippen LogP) is 2.26. The lowest BCUT2D eigenvalue weighted by atomic mass is 10.1. The standard InChI is InChI=1S/C9H8ClFO3/c1-14-9-3-6(10)5(2-8(9)13)7(11)4-12/h2-4,7,13H,1H3. The van der Waals surface area contributed by atoms with Gasteiger partial charge in [-0.05, 0) is 6.07 Å². The number of hydrogen-bond donors (Lipinski definition) is 1. The summed E-state index contributed by atoms with van der Waals surface area (Å²) < 4.78 is 17.7. The molecular weight excluding hydrogens is 211 g/mol. The first-order valence-corrected chi connectivity index (χ1v) is 4.13. The molecule has 1 N–H and O–H groups in total. The maximum absolute atomic E-state index is 12.9. The van der Waals surface area contributed by atoms with Crippen molar-refractivity contribution in [3.8, 4) is 11.5 Å². The highest BCUT2D eigenvalue weighted by molar-refractivity contribution is 6.31. The summed E-state index contributed by atoms with van der Waals surface area (Å²) in [7, 11) is 1.34. The molecule has 5 heteroatoms. The summed E-state index contributed by atoms with van der Waals surface area (Å²) in [4.78, 5) is 10.2. The molecule has 0 aliphatic carbocycles. The smallest absolute Gasteiger partial charge is 0.182 e. The Bertz CT molecular complexity index is 354. The summed E-state index contributed by atoms with van der Waals surface area (Å²) >= 11 is 5.66. The van der Waals surface area contributed by atoms with E-state index >= 15 is 0 Å². The van der Waals surface area contributed by atoms with E-state index in [1.165, 1.54) is 13.2 Å². The number of alkyl halides is 1. The van der Waals surface area contributed by atoms with Crippen LogP contribution in [-0.4, -0.2) is 18.5 Å². The number of ether oxygens (including phenoxy) is 1. The lowest BCUT2D eigenvalue weighted by Gasteiger charge is -2.08. The minimum atomic E-state index is -1.83. The van der Waals surface area contributed by atoms with E-state index < -0.39 is 6.17 Å². The summed E-state index contributed by atoms with van der Waals surface area (Å²) in [5, 5.41) is 9.33. The van der Waals surface area contributed by atoms with E-state index in [0.717, 1.165) is 6.07 Å². The van der Waals surface area contributed by atoms with E-state index in [-0.39, 0.29) is 28.4 Å². The molecule has 1 aromatic rings. The highest BCUT2D eigenvalue weighted by Gasteiger charge is 2.15. The van der Waals surface area contributed by atoms with Crippen molar-refractivity contribution in [1.82, 2.24) is 0 Å². The van der Waals surface area contributed by atoms with Gasteiger partial charge in [0, 0.05) is 11.6 Å². The van der Waals surface area contributed by atoms with Crippen molar-refractivity contribution in [2.75, 3.05) is 7.11 Å². The van der Waals surface area contributed by atoms with Gasteiger partial charge in [-0.2, -0.15) is 0 Å². The van der Waals surface area contributed by atoms with Crippen molar-refractivity contribution in [2.45, 2.75) is 6.17 Å². The summed E-state index contributed by atoms with van der Waals surface area (Å²) in [5.41, 5.74) is -0.0695. The van der Waals surface area contributed by atoms with Crippen molar-refractivity contribution < 1.29 is 19.0 Å². The second kappa shape index (κ2) is 4.28. The molecule has 0 aromatic heterocycles. The molecule has 3 nitrogen and oxygen atoms in total. The molecule has 0 amide bonds. The number of carbonyl (C=O) groups is 1. The number of methoxy groups -OCH3 is 1. The Balaban J connectivity index is 3.21. The molecule has 0 aliphatic heterocycles. The SMILES string of the molecule is COc1cc(Cl)c(C(F)C=O)cc1O. The van der Waals surface area contributed by atoms with E-state index in [9.17, 15) is 14.3 Å². The van der Waals surface area contributed by atoms with Crippen molar-refractivity contribution in [3.63, 3.8) is 0 Å². The molecule has 0 aliphatic rings. The molecule has 76 valence electrons. The molecule has 0 bridgehead atoms. The quantitative estimate of drug-likeness (QED) is 0.792. The summed E-state index contributed by atoms with van der Waals surface area (Å²) in [6.07, 6.45) is -1.73. The van der Waals surface area contributed by atoms with E-state index in [0.29, 0.717) is 0 Å². The zero-order valence-electron chi connectivity index (χ0n) is 7.33. The first-order valence-electron chi connectivity index (χ1n) is 3.76. The van der Waals surface area contributed by atoms with Crippen LogP contribution >= 0.6 is 11.6 Å². The molecule has 0 radical (unpaired) electrons. The number of carbonyl (C=O) groups excluding carboxylic acids is 1. The third-order valence-electron chi connectivity index (χ3n) is 1.71. The Hall–Kier alpha value is -1.29. The van der Waals surface area contributed by atoms with E-state index in [1.54, 1.807) is 0 Å². The zero-order chi connectivity index (χ0) is 10.7. The fourth-order valence-corrected chi connectivity index (χ4v) is 1.27. The Morgan fingerprint density at radius 2 is 2.29 bits per heavy atom. The fourth-order valence-electron chi connectivity index (χ4n) is 1.01. The third-order valence-corrected chi connectivity index (χ3v) is 2.04. The molecule has 0 heterocycles. The van der Waals surface area contributed by atoms with Gasteiger partial charge < -0.3 is 9.84 Å². The van der Waals surface area contributed by atoms with Gasteiger partial charge in [0.05, 0.1) is 12.1 Å². The number of halogens is 2. The first kappa shape index (κ1) is 10.8. The van der Waals surface area contributed by atoms with Crippen molar-refractivity contribution >= 4 is 17.9 Å². The molecular formula is C9H8ClFO3. The van der Waals surface area contributed by atoms with Gasteiger partial charge >= 0.3 is 0 Å². The van der Waals surface area contributed by atoms with Crippen LogP contribution in [0, 0.1) is 0 Å². The summed E-state index contributed by atoms with van der Waals surface area (Å²) in [6.45, 7) is 0. The fraction of sp³-hybridized carbons (Fsp3) is 0.222. The average Bonchev–Trinajstić information content (AvgIpc) is 2.19. The molecule has 1 atom stereocenters. The Morgan fingerprint density at radius 3 is 2.79 bits per heavy atom. The molecule has 1 unspecified atom stereocenters. The second-order valence-corrected chi connectivity index (χ2v) is 2.99. The lowest BCUT2D eigenvalue weighted by Crippen LogP contribution is -1.95. The van der Waals surface area contributed by atoms with Crippen molar-refractivity contribution in [2.24, 2.45) is 0 Å². The molecule has 14 heavy (non-hydrogen) atoms. The third kappa shape index (κ3) is 1.96. The van der Waals surface area contributed by atoms with Gasteiger partial charge in [-0.25, -0.2) is 4.39 Å². The van der Waals surface area contributed by atoms with Gasteiger partial charge in [0.2, 0.25) is 0 Å². The van der Waals surface area contributed by atoms with Gasteiger partial charge in [-0.1, -0.05) is 11.6 Å². The average molecular weight is 219 g/mol. The predicted molar refractivity (Wildman–Crippen MR) is 49.6 cm³/mol. The Kier molecular flexibility index (Phi) is 3.30. The van der Waals surface area contributed by atoms with Gasteiger partial charge in [0.15, 0.2) is 24.0 Å². The van der Waals surface area contributed by atoms with Crippen molar-refractivity contribution in [1.29, 1.82) is 0 Å². The van der Waals surface area contributed by atoms with E-state index in [4.69, 9.17) is 16.3 Å². The molecule has 1 aromatic carbocycles. The van der Waals surface area contributed by atoms with Crippen LogP contribution in [0.15, 0.2) is 12.1 Å². The van der Waals surface area contributed by atoms with Crippen LogP contribution in [-0.2, 0) is 4.79 Å². The van der Waals surface area contributed by atoms with Gasteiger partial charge in [-0.15, -0.1) is 0 Å². The molecule has 1 rings (SSSR count). The number of phenols is 1. The van der Waals surface area contributed by atoms with Crippen LogP contribution in [0.2, 0.25) is 5.02 Å². The zero-order valence-corrected chi connectivity index (χ0v) is 8.08. The number of aromatic hydroxyl groups is 1. The Labute approximate surface area is 85.1 Å². The molecule has 0 fully saturated rings. The highest BCUT2D eigenvalue weighted by Crippen LogP contribution is 2.35. The maximum Gasteiger partial charge on any atom is 0.182 e. The second-order valence-electron chi connectivity index (χ2n) is 2.58. The minimum absolute atomic E-state index is 0.0410. The van der Waals surface area contributed by atoms with E-state index in [2.05, 4.69) is 0 Å². The lowest BCUT2D eigenvalue weighted by molar-refractivity contribution is -0.112. The highest BCUT2D eigenvalue weighted by atomic mass is 35.5. The Morgan fingerprint density at radius 1 is 1.64 bits per heavy atom. The number of benzene rings is 1. The van der Waals surface area contributed by atoms with Crippen LogP contribution in [0.5, 0.6) is 11.5 Å². The van der Waals surface area contributed by atoms with Crippen LogP contribution in [0.4, 0.5) is 4.39 Å². The van der Waals surface area contributed by atoms with Crippen LogP contribution in [0.3, 0.4) is 0 Å². The first-order chi connectivity index (χ1) is 6.60. The largest absolute Gasteiger partial charge is 0.504 e. The molecule has 0 saturated heterocycles. The van der Waals surface area contributed by atoms with E-state index in [1.807, 2.05) is 0 Å². The van der Waals surface area contributed by atoms with Gasteiger partial charge in [-0.3, -0.25) is 4.79 Å². The molecule has 0 saturated carbocycles. The topological polar surface area (TPSA) is 46.5 Å². The number of phenolic OH excluding ortho intramolecular Hbond substituents is 1. The monoisotopic (exact) mass is 218 g/mol. The number of hydrogen-bond acceptors (Lipinski definition) is 3. The normalized spacial score (nSPS) is 12.2. The van der Waals surface area contributed by atoms with Gasteiger partial charge in [0.1, 0.15) is 0 Å². The van der Waals surface area contributed by atoms with Crippen LogP contribution in [0.25, 0.3) is 0 Å².